The van der Waals surface area contributed by atoms with Crippen LogP contribution < -0.4 is 5.73 Å². The van der Waals surface area contributed by atoms with Crippen LogP contribution in [0.5, 0.6) is 0 Å². The predicted molar refractivity (Wildman–Crippen MR) is 55.8 cm³/mol. The highest BCUT2D eigenvalue weighted by atomic mass is 16.5. The summed E-state index contributed by atoms with van der Waals surface area (Å²) in [5, 5.41) is 4.11. The van der Waals surface area contributed by atoms with Gasteiger partial charge in [0.25, 0.3) is 0 Å². The number of ether oxygens (including phenoxy) is 1. The molecule has 1 heterocycles. The summed E-state index contributed by atoms with van der Waals surface area (Å²) in [5.74, 6) is 0.408. The lowest BCUT2D eigenvalue weighted by Gasteiger charge is -2.19. The molecule has 2 atom stereocenters. The first-order valence-corrected chi connectivity index (χ1v) is 4.89. The average Bonchev–Trinajstić information content (AvgIpc) is 2.59. The molecule has 0 radical (unpaired) electrons. The Morgan fingerprint density at radius 1 is 1.64 bits per heavy atom. The second-order valence-corrected chi connectivity index (χ2v) is 3.66. The van der Waals surface area contributed by atoms with Crippen LogP contribution in [0.1, 0.15) is 25.1 Å². The quantitative estimate of drug-likeness (QED) is 0.768. The number of nitrogens with zero attached hydrogens (tertiary/aromatic N) is 2. The van der Waals surface area contributed by atoms with Crippen LogP contribution >= 0.6 is 0 Å². The van der Waals surface area contributed by atoms with Crippen molar-refractivity contribution in [1.29, 1.82) is 0 Å². The van der Waals surface area contributed by atoms with E-state index in [1.165, 1.54) is 0 Å². The zero-order valence-corrected chi connectivity index (χ0v) is 9.10. The normalized spacial score (nSPS) is 15.4. The molecule has 0 saturated heterocycles. The number of aromatic nitrogens is 2. The number of aryl methyl sites for hydroxylation is 1. The summed E-state index contributed by atoms with van der Waals surface area (Å²) >= 11 is 0. The maximum Gasteiger partial charge on any atom is 0.0550 e. The summed E-state index contributed by atoms with van der Waals surface area (Å²) in [6, 6.07) is 2.01. The van der Waals surface area contributed by atoms with Gasteiger partial charge in [0.2, 0.25) is 0 Å². The van der Waals surface area contributed by atoms with E-state index in [0.717, 1.165) is 18.7 Å². The lowest BCUT2D eigenvalue weighted by Crippen LogP contribution is -2.22. The van der Waals surface area contributed by atoms with Crippen molar-refractivity contribution in [3.8, 4) is 0 Å². The minimum Gasteiger partial charge on any atom is -0.385 e. The molecular formula is C10H19N3O. The Morgan fingerprint density at radius 3 is 2.86 bits per heavy atom. The zero-order chi connectivity index (χ0) is 10.6. The van der Waals surface area contributed by atoms with E-state index in [4.69, 9.17) is 10.5 Å². The Morgan fingerprint density at radius 2 is 2.36 bits per heavy atom. The average molecular weight is 197 g/mol. The van der Waals surface area contributed by atoms with E-state index in [-0.39, 0.29) is 6.04 Å². The van der Waals surface area contributed by atoms with Gasteiger partial charge in [0.05, 0.1) is 5.69 Å². The molecular weight excluding hydrogens is 178 g/mol. The van der Waals surface area contributed by atoms with Gasteiger partial charge >= 0.3 is 0 Å². The van der Waals surface area contributed by atoms with Crippen molar-refractivity contribution in [2.75, 3.05) is 13.7 Å². The third-order valence-corrected chi connectivity index (χ3v) is 2.59. The van der Waals surface area contributed by atoms with Crippen molar-refractivity contribution in [3.05, 3.63) is 18.0 Å². The van der Waals surface area contributed by atoms with Gasteiger partial charge in [-0.1, -0.05) is 6.92 Å². The molecule has 0 aliphatic rings. The first-order chi connectivity index (χ1) is 6.66. The molecule has 14 heavy (non-hydrogen) atoms. The van der Waals surface area contributed by atoms with Crippen molar-refractivity contribution in [3.63, 3.8) is 0 Å². The molecule has 0 aliphatic carbocycles. The molecule has 0 aromatic carbocycles. The van der Waals surface area contributed by atoms with Crippen molar-refractivity contribution < 1.29 is 4.74 Å². The molecule has 0 bridgehead atoms. The van der Waals surface area contributed by atoms with Gasteiger partial charge in [0.1, 0.15) is 0 Å². The highest BCUT2D eigenvalue weighted by molar-refractivity contribution is 5.06. The lowest BCUT2D eigenvalue weighted by atomic mass is 9.97. The molecule has 2 unspecified atom stereocenters. The highest BCUT2D eigenvalue weighted by Crippen LogP contribution is 2.20. The van der Waals surface area contributed by atoms with Gasteiger partial charge in [-0.3, -0.25) is 4.68 Å². The van der Waals surface area contributed by atoms with Gasteiger partial charge in [-0.2, -0.15) is 5.10 Å². The van der Waals surface area contributed by atoms with Gasteiger partial charge in [0, 0.05) is 33.0 Å². The summed E-state index contributed by atoms with van der Waals surface area (Å²) in [5.41, 5.74) is 7.19. The van der Waals surface area contributed by atoms with E-state index in [0.29, 0.717) is 5.92 Å². The number of hydrogen-bond donors (Lipinski definition) is 1. The molecule has 80 valence electrons. The van der Waals surface area contributed by atoms with Crippen LogP contribution in [0.25, 0.3) is 0 Å². The monoisotopic (exact) mass is 197 g/mol. The van der Waals surface area contributed by atoms with Crippen molar-refractivity contribution >= 4 is 0 Å². The van der Waals surface area contributed by atoms with Crippen LogP contribution in [0, 0.1) is 5.92 Å². The van der Waals surface area contributed by atoms with Crippen LogP contribution in [0.15, 0.2) is 12.3 Å². The summed E-state index contributed by atoms with van der Waals surface area (Å²) in [4.78, 5) is 0. The van der Waals surface area contributed by atoms with E-state index in [1.54, 1.807) is 13.3 Å². The van der Waals surface area contributed by atoms with Crippen LogP contribution in [-0.2, 0) is 11.8 Å². The molecule has 0 saturated carbocycles. The largest absolute Gasteiger partial charge is 0.385 e. The lowest BCUT2D eigenvalue weighted by molar-refractivity contribution is 0.174. The fourth-order valence-corrected chi connectivity index (χ4v) is 1.49. The van der Waals surface area contributed by atoms with Gasteiger partial charge < -0.3 is 10.5 Å². The molecule has 4 nitrogen and oxygen atoms in total. The minimum absolute atomic E-state index is 0.0395. The van der Waals surface area contributed by atoms with E-state index >= 15 is 0 Å². The second kappa shape index (κ2) is 5.12. The van der Waals surface area contributed by atoms with E-state index < -0.39 is 0 Å². The Balaban J connectivity index is 2.56. The fourth-order valence-electron chi connectivity index (χ4n) is 1.49. The van der Waals surface area contributed by atoms with Gasteiger partial charge in [0.15, 0.2) is 0 Å². The number of rotatable bonds is 5. The van der Waals surface area contributed by atoms with Gasteiger partial charge in [-0.15, -0.1) is 0 Å². The summed E-state index contributed by atoms with van der Waals surface area (Å²) in [6.45, 7) is 2.89. The maximum absolute atomic E-state index is 6.11. The molecule has 0 aliphatic heterocycles. The van der Waals surface area contributed by atoms with Crippen LogP contribution in [0.3, 0.4) is 0 Å². The molecule has 0 fully saturated rings. The number of methoxy groups -OCH3 is 1. The van der Waals surface area contributed by atoms with E-state index in [2.05, 4.69) is 12.0 Å². The molecule has 0 spiro atoms. The summed E-state index contributed by atoms with van der Waals surface area (Å²) in [7, 11) is 3.63. The van der Waals surface area contributed by atoms with Crippen molar-refractivity contribution in [2.45, 2.75) is 19.4 Å². The molecule has 2 N–H and O–H groups in total. The van der Waals surface area contributed by atoms with Gasteiger partial charge in [-0.05, 0) is 18.4 Å². The molecule has 4 heteroatoms. The smallest absolute Gasteiger partial charge is 0.0550 e. The third-order valence-electron chi connectivity index (χ3n) is 2.59. The Hall–Kier alpha value is -0.870. The van der Waals surface area contributed by atoms with Crippen molar-refractivity contribution in [1.82, 2.24) is 9.78 Å². The minimum atomic E-state index is 0.0395. The Labute approximate surface area is 85.0 Å². The molecule has 0 amide bonds. The SMILES string of the molecule is COCCC(C)C(N)c1ccnn1C. The highest BCUT2D eigenvalue weighted by Gasteiger charge is 2.17. The fraction of sp³-hybridized carbons (Fsp3) is 0.700. The Kier molecular flexibility index (Phi) is 4.10. The van der Waals surface area contributed by atoms with Crippen LogP contribution in [0.2, 0.25) is 0 Å². The van der Waals surface area contributed by atoms with E-state index in [1.807, 2.05) is 17.8 Å². The van der Waals surface area contributed by atoms with Crippen LogP contribution in [0.4, 0.5) is 0 Å². The standard InChI is InChI=1S/C10H19N3O/c1-8(5-7-14-3)10(11)9-4-6-12-13(9)2/h4,6,8,10H,5,7,11H2,1-3H3. The summed E-state index contributed by atoms with van der Waals surface area (Å²) < 4.78 is 6.86. The van der Waals surface area contributed by atoms with Crippen LogP contribution in [-0.4, -0.2) is 23.5 Å². The summed E-state index contributed by atoms with van der Waals surface area (Å²) in [6.07, 6.45) is 2.75. The Bertz CT molecular complexity index is 272. The van der Waals surface area contributed by atoms with Crippen molar-refractivity contribution in [2.24, 2.45) is 18.7 Å². The topological polar surface area (TPSA) is 53.1 Å². The van der Waals surface area contributed by atoms with Gasteiger partial charge in [-0.25, -0.2) is 0 Å². The first kappa shape index (κ1) is 11.2. The molecule has 1 rings (SSSR count). The third kappa shape index (κ3) is 2.56. The number of nitrogens with two attached hydrogens (primary N) is 1. The maximum atomic E-state index is 6.11. The first-order valence-electron chi connectivity index (χ1n) is 4.89. The molecule has 1 aromatic rings. The van der Waals surface area contributed by atoms with E-state index in [9.17, 15) is 0 Å². The second-order valence-electron chi connectivity index (χ2n) is 3.66. The number of hydrogen-bond acceptors (Lipinski definition) is 3. The predicted octanol–water partition coefficient (Wildman–Crippen LogP) is 1.09. The molecule has 1 aromatic heterocycles. The zero-order valence-electron chi connectivity index (χ0n) is 9.10.